The number of carbonyl (C=O) groups is 1. The molecule has 1 aromatic rings. The number of nitrogens with zero attached hydrogens (tertiary/aromatic N) is 2. The quantitative estimate of drug-likeness (QED) is 0.693. The molecule has 0 saturated carbocycles. The highest BCUT2D eigenvalue weighted by atomic mass is 16.2. The van der Waals surface area contributed by atoms with Gasteiger partial charge >= 0.3 is 0 Å². The van der Waals surface area contributed by atoms with Crippen molar-refractivity contribution in [2.75, 3.05) is 0 Å². The number of rotatable bonds is 1. The Labute approximate surface area is 102 Å². The smallest absolute Gasteiger partial charge is 0.243 e. The van der Waals surface area contributed by atoms with Crippen molar-refractivity contribution in [1.82, 2.24) is 4.90 Å². The number of hydrogen-bond acceptors (Lipinski definition) is 2. The van der Waals surface area contributed by atoms with Gasteiger partial charge < -0.3 is 4.90 Å². The maximum Gasteiger partial charge on any atom is 0.243 e. The van der Waals surface area contributed by atoms with Crippen molar-refractivity contribution in [3.8, 4) is 6.07 Å². The fourth-order valence-corrected chi connectivity index (χ4v) is 2.35. The van der Waals surface area contributed by atoms with E-state index in [-0.39, 0.29) is 17.5 Å². The normalized spacial score (nSPS) is 24.1. The number of β-lactam (4-membered cyclic amide) rings is 1. The van der Waals surface area contributed by atoms with Crippen LogP contribution in [0.2, 0.25) is 0 Å². The molecule has 0 spiro atoms. The van der Waals surface area contributed by atoms with Gasteiger partial charge in [-0.2, -0.15) is 5.26 Å². The maximum absolute atomic E-state index is 11.9. The van der Waals surface area contributed by atoms with Crippen molar-refractivity contribution in [2.24, 2.45) is 5.92 Å². The van der Waals surface area contributed by atoms with E-state index in [1.165, 1.54) is 0 Å². The summed E-state index contributed by atoms with van der Waals surface area (Å²) in [5.41, 5.74) is 0.791. The fourth-order valence-electron chi connectivity index (χ4n) is 2.35. The van der Waals surface area contributed by atoms with E-state index < -0.39 is 5.92 Å². The van der Waals surface area contributed by atoms with Crippen molar-refractivity contribution in [3.63, 3.8) is 0 Å². The molecule has 1 aliphatic heterocycles. The molecule has 1 aromatic carbocycles. The van der Waals surface area contributed by atoms with Gasteiger partial charge in [0.05, 0.1) is 12.1 Å². The molecular formula is C14H16N2O. The number of hydrogen-bond donors (Lipinski definition) is 0. The maximum atomic E-state index is 11.9. The molecule has 3 nitrogen and oxygen atoms in total. The first-order chi connectivity index (χ1) is 7.96. The molecule has 88 valence electrons. The van der Waals surface area contributed by atoms with E-state index >= 15 is 0 Å². The first-order valence-corrected chi connectivity index (χ1v) is 5.74. The highest BCUT2D eigenvalue weighted by Gasteiger charge is 2.52. The first kappa shape index (κ1) is 11.7. The number of nitriles is 1. The molecule has 1 fully saturated rings. The number of carbonyl (C=O) groups excluding carboxylic acids is 1. The minimum atomic E-state index is -0.531. The van der Waals surface area contributed by atoms with Crippen LogP contribution in [0.3, 0.4) is 0 Å². The lowest BCUT2D eigenvalue weighted by Crippen LogP contribution is -2.61. The van der Waals surface area contributed by atoms with Crippen LogP contribution in [0.15, 0.2) is 30.3 Å². The fraction of sp³-hybridized carbons (Fsp3) is 0.429. The number of benzene rings is 1. The predicted octanol–water partition coefficient (Wildman–Crippen LogP) is 2.51. The summed E-state index contributed by atoms with van der Waals surface area (Å²) in [5.74, 6) is -0.592. The third-order valence-corrected chi connectivity index (χ3v) is 3.10. The molecule has 17 heavy (non-hydrogen) atoms. The minimum Gasteiger partial charge on any atom is -0.328 e. The van der Waals surface area contributed by atoms with Gasteiger partial charge in [0.15, 0.2) is 0 Å². The van der Waals surface area contributed by atoms with Gasteiger partial charge in [-0.05, 0) is 26.3 Å². The molecular weight excluding hydrogens is 212 g/mol. The van der Waals surface area contributed by atoms with Gasteiger partial charge in [0.2, 0.25) is 5.91 Å². The molecule has 0 unspecified atom stereocenters. The Bertz CT molecular complexity index is 467. The van der Waals surface area contributed by atoms with E-state index in [0.717, 1.165) is 5.56 Å². The average Bonchev–Trinajstić information content (AvgIpc) is 2.25. The minimum absolute atomic E-state index is 0.0612. The summed E-state index contributed by atoms with van der Waals surface area (Å²) in [4.78, 5) is 13.7. The number of likely N-dealkylation sites (tertiary alicyclic amines) is 1. The molecule has 0 bridgehead atoms. The third kappa shape index (κ3) is 1.80. The molecule has 0 aliphatic carbocycles. The summed E-state index contributed by atoms with van der Waals surface area (Å²) >= 11 is 0. The summed E-state index contributed by atoms with van der Waals surface area (Å²) < 4.78 is 0. The van der Waals surface area contributed by atoms with Crippen LogP contribution in [-0.4, -0.2) is 16.3 Å². The van der Waals surface area contributed by atoms with E-state index in [0.29, 0.717) is 0 Å². The van der Waals surface area contributed by atoms with Gasteiger partial charge in [0.1, 0.15) is 5.92 Å². The highest BCUT2D eigenvalue weighted by molar-refractivity contribution is 5.89. The Kier molecular flexibility index (Phi) is 2.66. The second-order valence-corrected chi connectivity index (χ2v) is 5.34. The van der Waals surface area contributed by atoms with Crippen molar-refractivity contribution in [2.45, 2.75) is 32.4 Å². The van der Waals surface area contributed by atoms with Crippen molar-refractivity contribution in [1.29, 1.82) is 5.26 Å². The van der Waals surface area contributed by atoms with Crippen molar-refractivity contribution >= 4 is 5.91 Å². The van der Waals surface area contributed by atoms with Crippen LogP contribution in [-0.2, 0) is 4.79 Å². The second kappa shape index (κ2) is 3.89. The van der Waals surface area contributed by atoms with Crippen LogP contribution >= 0.6 is 0 Å². The van der Waals surface area contributed by atoms with Gasteiger partial charge in [-0.25, -0.2) is 0 Å². The lowest BCUT2D eigenvalue weighted by atomic mass is 9.79. The van der Waals surface area contributed by atoms with E-state index in [1.807, 2.05) is 51.1 Å². The first-order valence-electron chi connectivity index (χ1n) is 5.74. The van der Waals surface area contributed by atoms with Crippen LogP contribution in [0.5, 0.6) is 0 Å². The lowest BCUT2D eigenvalue weighted by Gasteiger charge is -2.51. The topological polar surface area (TPSA) is 44.1 Å². The highest BCUT2D eigenvalue weighted by Crippen LogP contribution is 2.44. The molecule has 1 saturated heterocycles. The predicted molar refractivity (Wildman–Crippen MR) is 64.9 cm³/mol. The SMILES string of the molecule is CC(C)(C)N1C(=O)[C@@H](C#N)[C@@H]1c1ccccc1. The van der Waals surface area contributed by atoms with Gasteiger partial charge in [0, 0.05) is 5.54 Å². The molecule has 3 heteroatoms. The Hall–Kier alpha value is -1.82. The van der Waals surface area contributed by atoms with Gasteiger partial charge in [-0.15, -0.1) is 0 Å². The van der Waals surface area contributed by atoms with Gasteiger partial charge in [-0.1, -0.05) is 30.3 Å². The lowest BCUT2D eigenvalue weighted by molar-refractivity contribution is -0.161. The van der Waals surface area contributed by atoms with Crippen LogP contribution in [0.25, 0.3) is 0 Å². The van der Waals surface area contributed by atoms with Gasteiger partial charge in [0.25, 0.3) is 0 Å². The van der Waals surface area contributed by atoms with Crippen LogP contribution in [0, 0.1) is 17.2 Å². The standard InChI is InChI=1S/C14H16N2O/c1-14(2,3)16-12(11(9-15)13(16)17)10-7-5-4-6-8-10/h4-8,11-12H,1-3H3/t11-,12-/m0/s1. The van der Waals surface area contributed by atoms with Crippen molar-refractivity contribution < 1.29 is 4.79 Å². The van der Waals surface area contributed by atoms with Gasteiger partial charge in [-0.3, -0.25) is 4.79 Å². The second-order valence-electron chi connectivity index (χ2n) is 5.34. The molecule has 1 amide bonds. The van der Waals surface area contributed by atoms with E-state index in [4.69, 9.17) is 5.26 Å². The zero-order valence-electron chi connectivity index (χ0n) is 10.3. The summed E-state index contributed by atoms with van der Waals surface area (Å²) in [6.07, 6.45) is 0. The Morgan fingerprint density at radius 1 is 1.24 bits per heavy atom. The largest absolute Gasteiger partial charge is 0.328 e. The Morgan fingerprint density at radius 3 is 2.29 bits per heavy atom. The molecule has 1 heterocycles. The Balaban J connectivity index is 2.37. The van der Waals surface area contributed by atoms with E-state index in [9.17, 15) is 4.79 Å². The molecule has 0 N–H and O–H groups in total. The molecule has 0 aromatic heterocycles. The zero-order chi connectivity index (χ0) is 12.6. The number of amides is 1. The molecule has 2 rings (SSSR count). The summed E-state index contributed by atoms with van der Waals surface area (Å²) in [6, 6.07) is 11.8. The summed E-state index contributed by atoms with van der Waals surface area (Å²) in [7, 11) is 0. The third-order valence-electron chi connectivity index (χ3n) is 3.10. The molecule has 2 atom stereocenters. The summed E-state index contributed by atoms with van der Waals surface area (Å²) in [6.45, 7) is 5.98. The average molecular weight is 228 g/mol. The van der Waals surface area contributed by atoms with E-state index in [2.05, 4.69) is 6.07 Å². The van der Waals surface area contributed by atoms with E-state index in [1.54, 1.807) is 4.90 Å². The van der Waals surface area contributed by atoms with Crippen LogP contribution in [0.4, 0.5) is 0 Å². The molecule has 1 aliphatic rings. The molecule has 0 radical (unpaired) electrons. The van der Waals surface area contributed by atoms with Crippen molar-refractivity contribution in [3.05, 3.63) is 35.9 Å². The van der Waals surface area contributed by atoms with Crippen LogP contribution in [0.1, 0.15) is 32.4 Å². The zero-order valence-corrected chi connectivity index (χ0v) is 10.3. The van der Waals surface area contributed by atoms with Crippen LogP contribution < -0.4 is 0 Å². The monoisotopic (exact) mass is 228 g/mol. The summed E-state index contributed by atoms with van der Waals surface area (Å²) in [5, 5.41) is 9.07. The Morgan fingerprint density at radius 2 is 1.82 bits per heavy atom.